The van der Waals surface area contributed by atoms with E-state index in [-0.39, 0.29) is 29.1 Å². The van der Waals surface area contributed by atoms with Crippen LogP contribution in [-0.4, -0.2) is 59.7 Å². The average molecular weight is 443 g/mol. The molecule has 7 heteroatoms. The predicted octanol–water partition coefficient (Wildman–Crippen LogP) is 2.98. The van der Waals surface area contributed by atoms with Crippen LogP contribution in [0.15, 0.2) is 0 Å². The van der Waals surface area contributed by atoms with Crippen molar-refractivity contribution >= 4 is 17.6 Å². The number of hydrogen-bond donors (Lipinski definition) is 3. The minimum absolute atomic E-state index is 0.0836. The fourth-order valence-corrected chi connectivity index (χ4v) is 5.22. The highest BCUT2D eigenvalue weighted by atomic mass is 16.2. The van der Waals surface area contributed by atoms with Crippen molar-refractivity contribution in [3.63, 3.8) is 0 Å². The smallest absolute Gasteiger partial charge is 0.268 e. The summed E-state index contributed by atoms with van der Waals surface area (Å²) in [6, 6.07) is -0.381. The second kappa shape index (κ2) is 9.00. The van der Waals surface area contributed by atoms with Crippen molar-refractivity contribution < 1.29 is 14.4 Å². The van der Waals surface area contributed by atoms with Gasteiger partial charge in [-0.25, -0.2) is 0 Å². The van der Waals surface area contributed by atoms with Crippen molar-refractivity contribution in [1.29, 1.82) is 0 Å². The summed E-state index contributed by atoms with van der Waals surface area (Å²) >= 11 is 0. The van der Waals surface area contributed by atoms with Crippen LogP contribution in [-0.2, 0) is 11.2 Å². The summed E-state index contributed by atoms with van der Waals surface area (Å²) in [5, 5.41) is 6.17. The van der Waals surface area contributed by atoms with Crippen molar-refractivity contribution in [3.05, 3.63) is 22.5 Å². The van der Waals surface area contributed by atoms with E-state index >= 15 is 0 Å². The standard InChI is InChI=1S/C25H38N4O3/c1-15-21-19(13-25(2,3)14-20(21)30)27-22(15)24(32)28-18(8-7-16-5-6-16)23(31)26-17-9-11-29(4)12-10-17/h16-18,27H,5-14H2,1-4H3,(H,26,31)(H,28,32)/t18-/m0/s1. The summed E-state index contributed by atoms with van der Waals surface area (Å²) in [5.41, 5.74) is 2.52. The van der Waals surface area contributed by atoms with Crippen LogP contribution >= 0.6 is 0 Å². The zero-order valence-corrected chi connectivity index (χ0v) is 20.0. The van der Waals surface area contributed by atoms with E-state index in [4.69, 9.17) is 0 Å². The van der Waals surface area contributed by atoms with E-state index in [2.05, 4.69) is 41.4 Å². The Balaban J connectivity index is 1.46. The van der Waals surface area contributed by atoms with Crippen LogP contribution in [0.5, 0.6) is 0 Å². The Hall–Kier alpha value is -2.15. The second-order valence-corrected chi connectivity index (χ2v) is 11.1. The average Bonchev–Trinajstić information content (AvgIpc) is 3.48. The highest BCUT2D eigenvalue weighted by Crippen LogP contribution is 2.37. The van der Waals surface area contributed by atoms with E-state index in [0.717, 1.165) is 44.5 Å². The molecule has 1 aromatic rings. The first-order chi connectivity index (χ1) is 15.1. The molecule has 0 bridgehead atoms. The fraction of sp³-hybridized carbons (Fsp3) is 0.720. The van der Waals surface area contributed by atoms with E-state index in [1.54, 1.807) is 0 Å². The summed E-state index contributed by atoms with van der Waals surface area (Å²) < 4.78 is 0. The van der Waals surface area contributed by atoms with Crippen molar-refractivity contribution in [3.8, 4) is 0 Å². The number of nitrogens with zero attached hydrogens (tertiary/aromatic N) is 1. The normalized spacial score (nSPS) is 22.3. The molecule has 0 spiro atoms. The molecule has 32 heavy (non-hydrogen) atoms. The molecule has 3 N–H and O–H groups in total. The highest BCUT2D eigenvalue weighted by molar-refractivity contribution is 6.05. The number of ketones is 1. The summed E-state index contributed by atoms with van der Waals surface area (Å²) in [4.78, 5) is 44.5. The van der Waals surface area contributed by atoms with Gasteiger partial charge < -0.3 is 20.5 Å². The van der Waals surface area contributed by atoms with Crippen molar-refractivity contribution in [2.24, 2.45) is 11.3 Å². The SMILES string of the molecule is Cc1c(C(=O)N[C@@H](CCC2CC2)C(=O)NC2CCN(C)CC2)[nH]c2c1C(=O)CC(C)(C)C2. The van der Waals surface area contributed by atoms with Crippen LogP contribution < -0.4 is 10.6 Å². The molecule has 2 fully saturated rings. The lowest BCUT2D eigenvalue weighted by atomic mass is 9.75. The highest BCUT2D eigenvalue weighted by Gasteiger charge is 2.36. The quantitative estimate of drug-likeness (QED) is 0.605. The van der Waals surface area contributed by atoms with Crippen LogP contribution in [0.3, 0.4) is 0 Å². The minimum Gasteiger partial charge on any atom is -0.354 e. The number of fused-ring (bicyclic) bond motifs is 1. The van der Waals surface area contributed by atoms with Crippen molar-refractivity contribution in [2.45, 2.75) is 84.2 Å². The van der Waals surface area contributed by atoms with Crippen LogP contribution in [0.2, 0.25) is 0 Å². The van der Waals surface area contributed by atoms with E-state index in [1.165, 1.54) is 12.8 Å². The lowest BCUT2D eigenvalue weighted by molar-refractivity contribution is -0.124. The first-order valence-corrected chi connectivity index (χ1v) is 12.2. The van der Waals surface area contributed by atoms with Gasteiger partial charge in [-0.1, -0.05) is 26.7 Å². The van der Waals surface area contributed by atoms with Gasteiger partial charge in [0.15, 0.2) is 5.78 Å². The molecule has 1 aliphatic heterocycles. The molecule has 0 unspecified atom stereocenters. The van der Waals surface area contributed by atoms with Crippen LogP contribution in [0.4, 0.5) is 0 Å². The Morgan fingerprint density at radius 2 is 1.84 bits per heavy atom. The number of rotatable bonds is 7. The van der Waals surface area contributed by atoms with E-state index in [1.807, 2.05) is 6.92 Å². The molecule has 7 nitrogen and oxygen atoms in total. The second-order valence-electron chi connectivity index (χ2n) is 11.1. The van der Waals surface area contributed by atoms with Gasteiger partial charge >= 0.3 is 0 Å². The van der Waals surface area contributed by atoms with Gasteiger partial charge in [0.25, 0.3) is 5.91 Å². The largest absolute Gasteiger partial charge is 0.354 e. The third-order valence-corrected chi connectivity index (χ3v) is 7.38. The summed E-state index contributed by atoms with van der Waals surface area (Å²) in [7, 11) is 2.10. The van der Waals surface area contributed by atoms with Gasteiger partial charge in [0, 0.05) is 23.7 Å². The number of carbonyl (C=O) groups is 3. The Morgan fingerprint density at radius 3 is 2.50 bits per heavy atom. The Morgan fingerprint density at radius 1 is 1.16 bits per heavy atom. The number of aromatic nitrogens is 1. The molecule has 4 rings (SSSR count). The van der Waals surface area contributed by atoms with E-state index < -0.39 is 6.04 Å². The molecule has 0 aromatic carbocycles. The Labute approximate surface area is 191 Å². The number of aromatic amines is 1. The summed E-state index contributed by atoms with van der Waals surface area (Å²) in [6.07, 6.45) is 7.15. The number of likely N-dealkylation sites (tertiary alicyclic amines) is 1. The van der Waals surface area contributed by atoms with Gasteiger partial charge in [0.2, 0.25) is 5.91 Å². The number of amides is 2. The number of hydrogen-bond acceptors (Lipinski definition) is 4. The number of carbonyl (C=O) groups excluding carboxylic acids is 3. The molecular formula is C25H38N4O3. The van der Waals surface area contributed by atoms with E-state index in [0.29, 0.717) is 35.6 Å². The van der Waals surface area contributed by atoms with Gasteiger partial charge in [-0.05, 0) is 76.1 Å². The number of H-pyrrole nitrogens is 1. The lowest BCUT2D eigenvalue weighted by Gasteiger charge is -2.30. The monoisotopic (exact) mass is 442 g/mol. The van der Waals surface area contributed by atoms with Gasteiger partial charge in [-0.2, -0.15) is 0 Å². The minimum atomic E-state index is -0.547. The van der Waals surface area contributed by atoms with Gasteiger partial charge in [-0.3, -0.25) is 14.4 Å². The third-order valence-electron chi connectivity index (χ3n) is 7.38. The van der Waals surface area contributed by atoms with Crippen molar-refractivity contribution in [2.75, 3.05) is 20.1 Å². The first-order valence-electron chi connectivity index (χ1n) is 12.2. The van der Waals surface area contributed by atoms with Gasteiger partial charge in [0.1, 0.15) is 11.7 Å². The molecule has 3 aliphatic rings. The number of Topliss-reactive ketones (excluding diaryl/α,β-unsaturated/α-hetero) is 1. The topological polar surface area (TPSA) is 94.3 Å². The summed E-state index contributed by atoms with van der Waals surface area (Å²) in [5.74, 6) is 0.404. The molecule has 0 radical (unpaired) electrons. The maximum Gasteiger partial charge on any atom is 0.268 e. The molecule has 1 saturated carbocycles. The third kappa shape index (κ3) is 5.25. The first kappa shape index (κ1) is 23.0. The molecule has 176 valence electrons. The molecule has 2 amide bonds. The van der Waals surface area contributed by atoms with Gasteiger partial charge in [-0.15, -0.1) is 0 Å². The molecule has 1 atom stereocenters. The molecule has 1 aromatic heterocycles. The van der Waals surface area contributed by atoms with Crippen molar-refractivity contribution in [1.82, 2.24) is 20.5 Å². The zero-order chi connectivity index (χ0) is 23.0. The fourth-order valence-electron chi connectivity index (χ4n) is 5.22. The molecule has 1 saturated heterocycles. The van der Waals surface area contributed by atoms with Crippen LogP contribution in [0.25, 0.3) is 0 Å². The maximum absolute atomic E-state index is 13.2. The van der Waals surface area contributed by atoms with Gasteiger partial charge in [0.05, 0.1) is 0 Å². The lowest BCUT2D eigenvalue weighted by Crippen LogP contribution is -2.52. The van der Waals surface area contributed by atoms with Crippen LogP contribution in [0, 0.1) is 18.3 Å². The van der Waals surface area contributed by atoms with E-state index in [9.17, 15) is 14.4 Å². The molecule has 2 heterocycles. The number of nitrogens with one attached hydrogen (secondary N) is 3. The van der Waals surface area contributed by atoms with Crippen LogP contribution in [0.1, 0.15) is 90.9 Å². The maximum atomic E-state index is 13.2. The molecular weight excluding hydrogens is 404 g/mol. The zero-order valence-electron chi connectivity index (χ0n) is 20.0. The summed E-state index contributed by atoms with van der Waals surface area (Å²) in [6.45, 7) is 7.93. The molecule has 2 aliphatic carbocycles. The predicted molar refractivity (Wildman–Crippen MR) is 124 cm³/mol. The number of piperidine rings is 1. The Bertz CT molecular complexity index is 891. The Kier molecular flexibility index (Phi) is 6.48.